The van der Waals surface area contributed by atoms with Gasteiger partial charge in [-0.15, -0.1) is 0 Å². The quantitative estimate of drug-likeness (QED) is 0.437. The lowest BCUT2D eigenvalue weighted by molar-refractivity contribution is -0.131. The first-order valence-corrected chi connectivity index (χ1v) is 11.1. The molecule has 0 unspecified atom stereocenters. The summed E-state index contributed by atoms with van der Waals surface area (Å²) in [6.45, 7) is 0. The summed E-state index contributed by atoms with van der Waals surface area (Å²) < 4.78 is 7.25. The van der Waals surface area contributed by atoms with Crippen LogP contribution in [0.1, 0.15) is 43.0 Å². The number of carboxylic acid groups (broad SMARTS) is 1. The number of anilines is 2. The first-order chi connectivity index (χ1) is 16.9. The van der Waals surface area contributed by atoms with Crippen molar-refractivity contribution in [2.45, 2.75) is 37.6 Å². The fourth-order valence-electron chi connectivity index (χ4n) is 4.40. The number of aliphatic carboxylic acids is 1. The van der Waals surface area contributed by atoms with Crippen LogP contribution in [-0.4, -0.2) is 49.7 Å². The van der Waals surface area contributed by atoms with E-state index in [4.69, 9.17) is 20.1 Å². The molecule has 180 valence electrons. The summed E-state index contributed by atoms with van der Waals surface area (Å²) in [5, 5.41) is 23.8. The topological polar surface area (TPSA) is 155 Å². The number of ether oxygens (including phenoxy) is 1. The molecule has 11 nitrogen and oxygen atoms in total. The van der Waals surface area contributed by atoms with E-state index in [9.17, 15) is 9.59 Å². The average molecular weight is 476 g/mol. The summed E-state index contributed by atoms with van der Waals surface area (Å²) in [5.74, 6) is 0.137. The van der Waals surface area contributed by atoms with Crippen LogP contribution in [0.3, 0.4) is 0 Å². The number of nitriles is 1. The number of methoxy groups -OCH3 is 1. The largest absolute Gasteiger partial charge is 0.480 e. The van der Waals surface area contributed by atoms with Gasteiger partial charge in [-0.2, -0.15) is 10.2 Å². The number of fused-ring (bicyclic) bond motifs is 1. The van der Waals surface area contributed by atoms with Crippen LogP contribution in [0.2, 0.25) is 0 Å². The zero-order valence-corrected chi connectivity index (χ0v) is 19.4. The second kappa shape index (κ2) is 10.2. The maximum Gasteiger partial charge on any atom is 0.328 e. The number of carbonyl (C=O) groups is 2. The first-order valence-electron chi connectivity index (χ1n) is 11.1. The highest BCUT2D eigenvalue weighted by molar-refractivity contribution is 6.03. The number of nitrogens with one attached hydrogen (secondary N) is 2. The molecule has 1 aliphatic carbocycles. The number of rotatable bonds is 7. The van der Waals surface area contributed by atoms with E-state index in [0.717, 1.165) is 54.7 Å². The fourth-order valence-corrected chi connectivity index (χ4v) is 4.40. The Morgan fingerprint density at radius 3 is 2.86 bits per heavy atom. The maximum absolute atomic E-state index is 11.9. The van der Waals surface area contributed by atoms with Crippen molar-refractivity contribution in [3.8, 4) is 11.9 Å². The smallest absolute Gasteiger partial charge is 0.328 e. The molecule has 1 aliphatic rings. The van der Waals surface area contributed by atoms with Crippen molar-refractivity contribution in [1.82, 2.24) is 19.5 Å². The van der Waals surface area contributed by atoms with Gasteiger partial charge in [-0.25, -0.2) is 14.8 Å². The van der Waals surface area contributed by atoms with Crippen LogP contribution >= 0.6 is 0 Å². The maximum atomic E-state index is 11.9. The van der Waals surface area contributed by atoms with Gasteiger partial charge in [0, 0.05) is 36.8 Å². The lowest BCUT2D eigenvalue weighted by Gasteiger charge is -2.29. The molecule has 35 heavy (non-hydrogen) atoms. The molecule has 3 aromatic rings. The number of hydrogen-bond donors (Lipinski definition) is 3. The van der Waals surface area contributed by atoms with E-state index in [0.29, 0.717) is 11.6 Å². The van der Waals surface area contributed by atoms with E-state index in [1.165, 1.54) is 13.3 Å². The number of imidazole rings is 1. The molecule has 1 saturated carbocycles. The van der Waals surface area contributed by atoms with Gasteiger partial charge < -0.3 is 25.0 Å². The zero-order chi connectivity index (χ0) is 24.9. The highest BCUT2D eigenvalue weighted by Crippen LogP contribution is 2.35. The monoisotopic (exact) mass is 475 g/mol. The molecule has 1 aromatic carbocycles. The van der Waals surface area contributed by atoms with E-state index >= 15 is 0 Å². The van der Waals surface area contributed by atoms with Gasteiger partial charge in [0.05, 0.1) is 24.3 Å². The number of hydrogen-bond acceptors (Lipinski definition) is 8. The minimum absolute atomic E-state index is 0.141. The van der Waals surface area contributed by atoms with Gasteiger partial charge in [0.15, 0.2) is 0 Å². The van der Waals surface area contributed by atoms with Gasteiger partial charge in [0.25, 0.3) is 0 Å². The molecule has 2 atom stereocenters. The van der Waals surface area contributed by atoms with Crippen LogP contribution < -0.4 is 15.4 Å². The van der Waals surface area contributed by atoms with Gasteiger partial charge in [0.1, 0.15) is 17.5 Å². The van der Waals surface area contributed by atoms with Crippen molar-refractivity contribution >= 4 is 34.5 Å². The second-order valence-electron chi connectivity index (χ2n) is 8.33. The number of amides is 1. The van der Waals surface area contributed by atoms with Crippen molar-refractivity contribution in [2.24, 2.45) is 7.05 Å². The van der Waals surface area contributed by atoms with Crippen molar-refractivity contribution in [3.05, 3.63) is 47.9 Å². The molecule has 0 radical (unpaired) electrons. The van der Waals surface area contributed by atoms with Crippen LogP contribution in [0.4, 0.5) is 11.6 Å². The summed E-state index contributed by atoms with van der Waals surface area (Å²) in [4.78, 5) is 35.9. The first kappa shape index (κ1) is 23.7. The molecule has 1 fully saturated rings. The molecule has 0 saturated heterocycles. The predicted octanol–water partition coefficient (Wildman–Crippen LogP) is 2.96. The Labute approximate surface area is 201 Å². The summed E-state index contributed by atoms with van der Waals surface area (Å²) in [6, 6.07) is 7.58. The Morgan fingerprint density at radius 1 is 1.29 bits per heavy atom. The van der Waals surface area contributed by atoms with Crippen LogP contribution in [0.15, 0.2) is 36.5 Å². The normalized spacial score (nSPS) is 17.7. The molecule has 2 heterocycles. The van der Waals surface area contributed by atoms with Gasteiger partial charge in [-0.3, -0.25) is 4.79 Å². The minimum atomic E-state index is -1.19. The molecular weight excluding hydrogens is 450 g/mol. The Hall–Kier alpha value is -4.46. The number of carbonyl (C=O) groups excluding carboxylic acids is 1. The summed E-state index contributed by atoms with van der Waals surface area (Å²) in [5.41, 5.74) is 2.51. The molecule has 3 N–H and O–H groups in total. The van der Waals surface area contributed by atoms with E-state index in [2.05, 4.69) is 25.2 Å². The predicted molar refractivity (Wildman–Crippen MR) is 128 cm³/mol. The third kappa shape index (κ3) is 5.38. The number of carboxylic acids is 1. The Balaban J connectivity index is 1.49. The average Bonchev–Trinajstić information content (AvgIpc) is 3.18. The number of aryl methyl sites for hydroxylation is 1. The SMILES string of the molecule is COc1nc(N[C@@H]2CCC[C@H](c3nc4cc(NC(=O)/C=C/C(=O)O)ccc4n3C)C2)ncc1C#N. The molecular formula is C24H25N7O4. The van der Waals surface area contributed by atoms with Crippen molar-refractivity contribution in [3.63, 3.8) is 0 Å². The van der Waals surface area contributed by atoms with Crippen LogP contribution in [-0.2, 0) is 16.6 Å². The molecule has 4 rings (SSSR count). The standard InChI is InChI=1S/C24H25N7O4/c1-31-19-7-6-17(27-20(32)8-9-21(33)34)11-18(19)29-22(31)14-4-3-5-16(10-14)28-24-26-13-15(12-25)23(30-24)35-2/h6-9,11,13-14,16H,3-5,10H2,1-2H3,(H,27,32)(H,33,34)(H,26,28,30)/b9-8+/t14-,16+/m0/s1. The van der Waals surface area contributed by atoms with E-state index in [-0.39, 0.29) is 23.4 Å². The molecule has 1 amide bonds. The molecule has 2 aromatic heterocycles. The van der Waals surface area contributed by atoms with Gasteiger partial charge >= 0.3 is 5.97 Å². The highest BCUT2D eigenvalue weighted by Gasteiger charge is 2.27. The summed E-state index contributed by atoms with van der Waals surface area (Å²) >= 11 is 0. The van der Waals surface area contributed by atoms with Crippen LogP contribution in [0.5, 0.6) is 5.88 Å². The molecule has 0 bridgehead atoms. The van der Waals surface area contributed by atoms with E-state index in [1.54, 1.807) is 12.1 Å². The lowest BCUT2D eigenvalue weighted by Crippen LogP contribution is -2.28. The molecule has 0 spiro atoms. The van der Waals surface area contributed by atoms with Crippen LogP contribution in [0.25, 0.3) is 11.0 Å². The van der Waals surface area contributed by atoms with Gasteiger partial charge in [-0.1, -0.05) is 6.42 Å². The fraction of sp³-hybridized carbons (Fsp3) is 0.333. The molecule has 0 aliphatic heterocycles. The van der Waals surface area contributed by atoms with Crippen LogP contribution in [0, 0.1) is 11.3 Å². The zero-order valence-electron chi connectivity index (χ0n) is 19.4. The van der Waals surface area contributed by atoms with Gasteiger partial charge in [0.2, 0.25) is 17.7 Å². The summed E-state index contributed by atoms with van der Waals surface area (Å²) in [7, 11) is 3.45. The third-order valence-electron chi connectivity index (χ3n) is 6.00. The Morgan fingerprint density at radius 2 is 2.11 bits per heavy atom. The Bertz CT molecular complexity index is 1340. The minimum Gasteiger partial charge on any atom is -0.480 e. The number of nitrogens with zero attached hydrogens (tertiary/aromatic N) is 5. The van der Waals surface area contributed by atoms with Crippen molar-refractivity contribution < 1.29 is 19.4 Å². The second-order valence-corrected chi connectivity index (χ2v) is 8.33. The third-order valence-corrected chi connectivity index (χ3v) is 6.00. The molecule has 11 heteroatoms. The summed E-state index contributed by atoms with van der Waals surface area (Å²) in [6.07, 6.45) is 7.02. The number of benzene rings is 1. The number of aromatic nitrogens is 4. The van der Waals surface area contributed by atoms with E-state index in [1.807, 2.05) is 19.2 Å². The highest BCUT2D eigenvalue weighted by atomic mass is 16.5. The van der Waals surface area contributed by atoms with Gasteiger partial charge in [-0.05, 0) is 37.5 Å². The Kier molecular flexibility index (Phi) is 6.91. The van der Waals surface area contributed by atoms with E-state index < -0.39 is 11.9 Å². The van der Waals surface area contributed by atoms with Crippen molar-refractivity contribution in [1.29, 1.82) is 5.26 Å². The lowest BCUT2D eigenvalue weighted by atomic mass is 9.85. The van der Waals surface area contributed by atoms with Crippen molar-refractivity contribution in [2.75, 3.05) is 17.7 Å².